The molecule has 3 atom stereocenters. The van der Waals surface area contributed by atoms with Gasteiger partial charge in [0.15, 0.2) is 0 Å². The molecule has 2 aliphatic carbocycles. The Morgan fingerprint density at radius 1 is 0.737 bits per heavy atom. The second-order valence-corrected chi connectivity index (χ2v) is 8.13. The molecule has 0 aromatic heterocycles. The van der Waals surface area contributed by atoms with Crippen molar-refractivity contribution >= 4 is 0 Å². The summed E-state index contributed by atoms with van der Waals surface area (Å²) in [4.78, 5) is 0. The molecule has 0 aromatic carbocycles. The third-order valence-electron chi connectivity index (χ3n) is 6.90. The van der Waals surface area contributed by atoms with Crippen molar-refractivity contribution in [3.8, 4) is 0 Å². The van der Waals surface area contributed by atoms with E-state index in [9.17, 15) is 0 Å². The highest BCUT2D eigenvalue weighted by atomic mass is 14.5. The molecule has 0 aliphatic heterocycles. The lowest BCUT2D eigenvalue weighted by Gasteiger charge is -2.46. The summed E-state index contributed by atoms with van der Waals surface area (Å²) in [6.45, 7) is 10.0. The molecule has 2 aliphatic rings. The Kier molecular flexibility index (Phi) is 5.37. The van der Waals surface area contributed by atoms with Crippen LogP contribution >= 0.6 is 0 Å². The van der Waals surface area contributed by atoms with Crippen LogP contribution in [0.2, 0.25) is 0 Å². The molecule has 0 aromatic rings. The van der Waals surface area contributed by atoms with E-state index in [0.717, 1.165) is 23.7 Å². The molecule has 112 valence electrons. The van der Waals surface area contributed by atoms with Crippen LogP contribution in [0.5, 0.6) is 0 Å². The maximum atomic E-state index is 2.65. The van der Waals surface area contributed by atoms with E-state index in [-0.39, 0.29) is 0 Å². The van der Waals surface area contributed by atoms with E-state index in [0.29, 0.717) is 5.41 Å². The van der Waals surface area contributed by atoms with Gasteiger partial charge in [0.25, 0.3) is 0 Å². The van der Waals surface area contributed by atoms with Crippen LogP contribution in [0.25, 0.3) is 0 Å². The fraction of sp³-hybridized carbons (Fsp3) is 1.00. The van der Waals surface area contributed by atoms with E-state index in [1.807, 2.05) is 0 Å². The Morgan fingerprint density at radius 2 is 1.21 bits per heavy atom. The molecule has 0 spiro atoms. The first kappa shape index (κ1) is 15.4. The third-order valence-corrected chi connectivity index (χ3v) is 6.90. The maximum Gasteiger partial charge on any atom is -0.0272 e. The van der Waals surface area contributed by atoms with Crippen LogP contribution in [0.3, 0.4) is 0 Å². The predicted molar refractivity (Wildman–Crippen MR) is 85.3 cm³/mol. The molecule has 3 unspecified atom stereocenters. The van der Waals surface area contributed by atoms with E-state index in [4.69, 9.17) is 0 Å². The Hall–Kier alpha value is 0. The van der Waals surface area contributed by atoms with E-state index < -0.39 is 0 Å². The minimum absolute atomic E-state index is 0.643. The summed E-state index contributed by atoms with van der Waals surface area (Å²) in [6, 6.07) is 0. The topological polar surface area (TPSA) is 0 Å². The van der Waals surface area contributed by atoms with Crippen molar-refractivity contribution in [1.82, 2.24) is 0 Å². The summed E-state index contributed by atoms with van der Waals surface area (Å²) in [5.74, 6) is 4.01. The van der Waals surface area contributed by atoms with Gasteiger partial charge in [0.2, 0.25) is 0 Å². The maximum absolute atomic E-state index is 2.65. The molecule has 0 saturated heterocycles. The molecule has 0 heteroatoms. The summed E-state index contributed by atoms with van der Waals surface area (Å²) >= 11 is 0. The van der Waals surface area contributed by atoms with Gasteiger partial charge in [-0.3, -0.25) is 0 Å². The molecular formula is C19H36. The second-order valence-electron chi connectivity index (χ2n) is 8.13. The van der Waals surface area contributed by atoms with Crippen molar-refractivity contribution in [2.24, 2.45) is 29.1 Å². The lowest BCUT2D eigenvalue weighted by molar-refractivity contribution is 0.0395. The van der Waals surface area contributed by atoms with Gasteiger partial charge >= 0.3 is 0 Å². The van der Waals surface area contributed by atoms with Crippen molar-refractivity contribution < 1.29 is 0 Å². The molecule has 0 amide bonds. The first-order chi connectivity index (χ1) is 9.06. The smallest absolute Gasteiger partial charge is 0.0272 e. The van der Waals surface area contributed by atoms with Gasteiger partial charge in [-0.15, -0.1) is 0 Å². The van der Waals surface area contributed by atoms with Crippen LogP contribution in [0, 0.1) is 29.1 Å². The van der Waals surface area contributed by atoms with E-state index in [1.54, 1.807) is 0 Å². The minimum atomic E-state index is 0.643. The van der Waals surface area contributed by atoms with Gasteiger partial charge in [-0.1, -0.05) is 66.2 Å². The Labute approximate surface area is 121 Å². The van der Waals surface area contributed by atoms with Gasteiger partial charge < -0.3 is 0 Å². The highest BCUT2D eigenvalue weighted by Crippen LogP contribution is 2.51. The van der Waals surface area contributed by atoms with E-state index in [2.05, 4.69) is 27.7 Å². The van der Waals surface area contributed by atoms with Crippen molar-refractivity contribution in [2.75, 3.05) is 0 Å². The molecule has 2 fully saturated rings. The highest BCUT2D eigenvalue weighted by Gasteiger charge is 2.40. The van der Waals surface area contributed by atoms with Crippen LogP contribution in [-0.4, -0.2) is 0 Å². The average molecular weight is 264 g/mol. The fourth-order valence-corrected chi connectivity index (χ4v) is 4.98. The average Bonchev–Trinajstić information content (AvgIpc) is 2.64. The Bertz CT molecular complexity index is 261. The highest BCUT2D eigenvalue weighted by molar-refractivity contribution is 4.91. The zero-order chi connectivity index (χ0) is 13.9. The van der Waals surface area contributed by atoms with Crippen LogP contribution in [0.1, 0.15) is 91.9 Å². The quantitative estimate of drug-likeness (QED) is 0.514. The van der Waals surface area contributed by atoms with Crippen molar-refractivity contribution in [3.63, 3.8) is 0 Å². The first-order valence-corrected chi connectivity index (χ1v) is 9.06. The van der Waals surface area contributed by atoms with E-state index >= 15 is 0 Å². The Balaban J connectivity index is 2.03. The molecule has 0 bridgehead atoms. The normalized spacial score (nSPS) is 40.4. The van der Waals surface area contributed by atoms with Gasteiger partial charge in [-0.25, -0.2) is 0 Å². The summed E-state index contributed by atoms with van der Waals surface area (Å²) < 4.78 is 0. The monoisotopic (exact) mass is 264 g/mol. The third kappa shape index (κ3) is 3.56. The standard InChI is InChI=1S/C19H36/c1-5-19(4,18-13-10-16(3)11-14-18)17-8-6-7-15(2)9-12-17/h15-18H,5-14H2,1-4H3. The predicted octanol–water partition coefficient (Wildman–Crippen LogP) is 6.45. The van der Waals surface area contributed by atoms with Gasteiger partial charge in [0.1, 0.15) is 0 Å². The number of hydrogen-bond donors (Lipinski definition) is 0. The SMILES string of the molecule is CCC(C)(C1CCCC(C)CC1)C1CCC(C)CC1. The number of rotatable bonds is 3. The lowest BCUT2D eigenvalue weighted by atomic mass is 9.59. The fourth-order valence-electron chi connectivity index (χ4n) is 4.98. The first-order valence-electron chi connectivity index (χ1n) is 9.06. The Morgan fingerprint density at radius 3 is 1.74 bits per heavy atom. The van der Waals surface area contributed by atoms with Crippen molar-refractivity contribution in [1.29, 1.82) is 0 Å². The van der Waals surface area contributed by atoms with Crippen molar-refractivity contribution in [3.05, 3.63) is 0 Å². The van der Waals surface area contributed by atoms with Gasteiger partial charge in [-0.2, -0.15) is 0 Å². The van der Waals surface area contributed by atoms with Gasteiger partial charge in [-0.05, 0) is 54.8 Å². The van der Waals surface area contributed by atoms with Gasteiger partial charge in [0, 0.05) is 0 Å². The molecule has 19 heavy (non-hydrogen) atoms. The summed E-state index contributed by atoms with van der Waals surface area (Å²) in [6.07, 6.45) is 14.9. The molecule has 0 heterocycles. The largest absolute Gasteiger partial charge is 0.0648 e. The summed E-state index contributed by atoms with van der Waals surface area (Å²) in [5.41, 5.74) is 0.643. The molecule has 0 nitrogen and oxygen atoms in total. The zero-order valence-corrected chi connectivity index (χ0v) is 13.9. The zero-order valence-electron chi connectivity index (χ0n) is 13.9. The summed E-state index contributed by atoms with van der Waals surface area (Å²) in [7, 11) is 0. The molecule has 2 rings (SSSR count). The lowest BCUT2D eigenvalue weighted by Crippen LogP contribution is -2.37. The molecule has 0 radical (unpaired) electrons. The van der Waals surface area contributed by atoms with Gasteiger partial charge in [0.05, 0.1) is 0 Å². The second kappa shape index (κ2) is 6.64. The number of hydrogen-bond acceptors (Lipinski definition) is 0. The minimum Gasteiger partial charge on any atom is -0.0648 e. The van der Waals surface area contributed by atoms with Crippen molar-refractivity contribution in [2.45, 2.75) is 91.9 Å². The summed E-state index contributed by atoms with van der Waals surface area (Å²) in [5, 5.41) is 0. The van der Waals surface area contributed by atoms with E-state index in [1.165, 1.54) is 64.2 Å². The molecule has 2 saturated carbocycles. The van der Waals surface area contributed by atoms with Crippen LogP contribution in [0.4, 0.5) is 0 Å². The molecular weight excluding hydrogens is 228 g/mol. The van der Waals surface area contributed by atoms with Crippen LogP contribution in [-0.2, 0) is 0 Å². The van der Waals surface area contributed by atoms with Crippen LogP contribution in [0.15, 0.2) is 0 Å². The molecule has 0 N–H and O–H groups in total. The van der Waals surface area contributed by atoms with Crippen LogP contribution < -0.4 is 0 Å².